The van der Waals surface area contributed by atoms with Crippen molar-refractivity contribution < 1.29 is 9.90 Å². The molecule has 1 aliphatic carbocycles. The lowest BCUT2D eigenvalue weighted by Gasteiger charge is -2.38. The number of aryl methyl sites for hydroxylation is 2. The molecule has 20 heavy (non-hydrogen) atoms. The number of aromatic nitrogens is 2. The van der Waals surface area contributed by atoms with E-state index >= 15 is 0 Å². The first-order valence-electron chi connectivity index (χ1n) is 6.87. The predicted octanol–water partition coefficient (Wildman–Crippen LogP) is 2.90. The second kappa shape index (κ2) is 4.47. The largest absolute Gasteiger partial charge is 0.481 e. The van der Waals surface area contributed by atoms with E-state index in [1.807, 2.05) is 49.1 Å². The highest BCUT2D eigenvalue weighted by atomic mass is 16.4. The van der Waals surface area contributed by atoms with Crippen LogP contribution in [0.4, 0.5) is 0 Å². The van der Waals surface area contributed by atoms with Crippen molar-refractivity contribution in [1.82, 2.24) is 9.78 Å². The summed E-state index contributed by atoms with van der Waals surface area (Å²) in [4.78, 5) is 11.6. The van der Waals surface area contributed by atoms with E-state index in [1.54, 1.807) is 0 Å². The standard InChI is InChI=1S/C16H18N2O2/c1-11-10-17-18(2)14(11)12-5-3-6-13(9-12)16(15(19)20)7-4-8-16/h3,5-6,9-10H,4,7-8H2,1-2H3,(H,19,20). The van der Waals surface area contributed by atoms with Gasteiger partial charge in [0.25, 0.3) is 0 Å². The number of rotatable bonds is 3. The lowest BCUT2D eigenvalue weighted by Crippen LogP contribution is -2.42. The fraction of sp³-hybridized carbons (Fsp3) is 0.375. The van der Waals surface area contributed by atoms with Crippen molar-refractivity contribution in [1.29, 1.82) is 0 Å². The molecule has 3 rings (SSSR count). The van der Waals surface area contributed by atoms with Crippen LogP contribution in [0, 0.1) is 6.92 Å². The molecule has 1 saturated carbocycles. The summed E-state index contributed by atoms with van der Waals surface area (Å²) in [5.41, 5.74) is 3.42. The van der Waals surface area contributed by atoms with Gasteiger partial charge in [-0.25, -0.2) is 0 Å². The van der Waals surface area contributed by atoms with Gasteiger partial charge in [-0.1, -0.05) is 24.6 Å². The Hall–Kier alpha value is -2.10. The van der Waals surface area contributed by atoms with Crippen molar-refractivity contribution in [3.05, 3.63) is 41.6 Å². The molecule has 4 heteroatoms. The van der Waals surface area contributed by atoms with Crippen LogP contribution in [-0.4, -0.2) is 20.9 Å². The van der Waals surface area contributed by atoms with Crippen LogP contribution in [0.2, 0.25) is 0 Å². The van der Waals surface area contributed by atoms with E-state index in [0.29, 0.717) is 0 Å². The van der Waals surface area contributed by atoms with Crippen molar-refractivity contribution in [3.8, 4) is 11.3 Å². The molecule has 0 aliphatic heterocycles. The summed E-state index contributed by atoms with van der Waals surface area (Å²) in [7, 11) is 1.91. The number of benzene rings is 1. The minimum Gasteiger partial charge on any atom is -0.481 e. The van der Waals surface area contributed by atoms with Crippen LogP contribution in [0.1, 0.15) is 30.4 Å². The average Bonchev–Trinajstić information content (AvgIpc) is 2.67. The van der Waals surface area contributed by atoms with Gasteiger partial charge >= 0.3 is 5.97 Å². The zero-order valence-corrected chi connectivity index (χ0v) is 11.8. The Morgan fingerprint density at radius 1 is 1.40 bits per heavy atom. The van der Waals surface area contributed by atoms with E-state index in [-0.39, 0.29) is 0 Å². The van der Waals surface area contributed by atoms with Crippen LogP contribution < -0.4 is 0 Å². The van der Waals surface area contributed by atoms with E-state index in [2.05, 4.69) is 5.10 Å². The minimum absolute atomic E-state index is 0.678. The predicted molar refractivity (Wildman–Crippen MR) is 76.5 cm³/mol. The number of nitrogens with zero attached hydrogens (tertiary/aromatic N) is 2. The molecular weight excluding hydrogens is 252 g/mol. The van der Waals surface area contributed by atoms with Gasteiger partial charge in [-0.2, -0.15) is 5.10 Å². The van der Waals surface area contributed by atoms with Crippen molar-refractivity contribution in [2.45, 2.75) is 31.6 Å². The Kier molecular flexibility index (Phi) is 2.89. The third-order valence-electron chi connectivity index (χ3n) is 4.43. The number of hydrogen-bond donors (Lipinski definition) is 1. The first-order chi connectivity index (χ1) is 9.54. The lowest BCUT2D eigenvalue weighted by atomic mass is 9.64. The van der Waals surface area contributed by atoms with Gasteiger partial charge in [-0.3, -0.25) is 9.48 Å². The van der Waals surface area contributed by atoms with Crippen LogP contribution in [0.5, 0.6) is 0 Å². The van der Waals surface area contributed by atoms with E-state index in [1.165, 1.54) is 0 Å². The number of hydrogen-bond acceptors (Lipinski definition) is 2. The molecular formula is C16H18N2O2. The minimum atomic E-state index is -0.706. The third kappa shape index (κ3) is 1.75. The van der Waals surface area contributed by atoms with Crippen molar-refractivity contribution >= 4 is 5.97 Å². The SMILES string of the molecule is Cc1cnn(C)c1-c1cccc(C2(C(=O)O)CCC2)c1. The monoisotopic (exact) mass is 270 g/mol. The molecule has 0 radical (unpaired) electrons. The Morgan fingerprint density at radius 3 is 2.65 bits per heavy atom. The van der Waals surface area contributed by atoms with Crippen LogP contribution in [0.25, 0.3) is 11.3 Å². The van der Waals surface area contributed by atoms with Gasteiger partial charge in [-0.05, 0) is 37.0 Å². The average molecular weight is 270 g/mol. The van der Waals surface area contributed by atoms with Crippen molar-refractivity contribution in [2.24, 2.45) is 7.05 Å². The molecule has 1 aromatic carbocycles. The first kappa shape index (κ1) is 12.9. The topological polar surface area (TPSA) is 55.1 Å². The van der Waals surface area contributed by atoms with Crippen LogP contribution in [-0.2, 0) is 17.3 Å². The maximum Gasteiger partial charge on any atom is 0.314 e. The van der Waals surface area contributed by atoms with Gasteiger partial charge in [-0.15, -0.1) is 0 Å². The molecule has 4 nitrogen and oxygen atoms in total. The molecule has 1 fully saturated rings. The first-order valence-corrected chi connectivity index (χ1v) is 6.87. The molecule has 0 spiro atoms. The highest BCUT2D eigenvalue weighted by molar-refractivity contribution is 5.83. The molecule has 104 valence electrons. The summed E-state index contributed by atoms with van der Waals surface area (Å²) in [6, 6.07) is 7.90. The van der Waals surface area contributed by atoms with E-state index in [4.69, 9.17) is 0 Å². The van der Waals surface area contributed by atoms with Gasteiger partial charge in [0, 0.05) is 12.6 Å². The van der Waals surface area contributed by atoms with E-state index < -0.39 is 11.4 Å². The fourth-order valence-corrected chi connectivity index (χ4v) is 3.08. The smallest absolute Gasteiger partial charge is 0.314 e. The van der Waals surface area contributed by atoms with Crippen molar-refractivity contribution in [2.75, 3.05) is 0 Å². The highest BCUT2D eigenvalue weighted by Crippen LogP contribution is 2.44. The van der Waals surface area contributed by atoms with Crippen LogP contribution in [0.3, 0.4) is 0 Å². The zero-order valence-electron chi connectivity index (χ0n) is 11.8. The number of carbonyl (C=O) groups is 1. The van der Waals surface area contributed by atoms with Crippen molar-refractivity contribution in [3.63, 3.8) is 0 Å². The van der Waals surface area contributed by atoms with Crippen LogP contribution in [0.15, 0.2) is 30.5 Å². The Labute approximate surface area is 118 Å². The number of carboxylic acid groups (broad SMARTS) is 1. The molecule has 0 saturated heterocycles. The Morgan fingerprint density at radius 2 is 2.15 bits per heavy atom. The van der Waals surface area contributed by atoms with Gasteiger partial charge in [0.15, 0.2) is 0 Å². The van der Waals surface area contributed by atoms with E-state index in [9.17, 15) is 9.90 Å². The molecule has 1 aliphatic rings. The Balaban J connectivity index is 2.09. The molecule has 1 heterocycles. The highest BCUT2D eigenvalue weighted by Gasteiger charge is 2.45. The van der Waals surface area contributed by atoms with Crippen LogP contribution >= 0.6 is 0 Å². The number of carboxylic acids is 1. The molecule has 1 N–H and O–H groups in total. The molecule has 0 unspecified atom stereocenters. The molecule has 2 aromatic rings. The zero-order chi connectivity index (χ0) is 14.3. The van der Waals surface area contributed by atoms with Gasteiger partial charge in [0.1, 0.15) is 0 Å². The Bertz CT molecular complexity index is 649. The fourth-order valence-electron chi connectivity index (χ4n) is 3.08. The molecule has 0 amide bonds. The second-order valence-electron chi connectivity index (χ2n) is 5.62. The van der Waals surface area contributed by atoms with Gasteiger partial charge in [0.2, 0.25) is 0 Å². The summed E-state index contributed by atoms with van der Waals surface area (Å²) in [6.45, 7) is 2.02. The van der Waals surface area contributed by atoms with E-state index in [0.717, 1.165) is 41.6 Å². The molecule has 1 aromatic heterocycles. The molecule has 0 atom stereocenters. The summed E-state index contributed by atoms with van der Waals surface area (Å²) in [5.74, 6) is -0.706. The maximum absolute atomic E-state index is 11.6. The third-order valence-corrected chi connectivity index (χ3v) is 4.43. The van der Waals surface area contributed by atoms with Gasteiger partial charge in [0.05, 0.1) is 17.3 Å². The quantitative estimate of drug-likeness (QED) is 0.933. The maximum atomic E-state index is 11.6. The summed E-state index contributed by atoms with van der Waals surface area (Å²) >= 11 is 0. The summed E-state index contributed by atoms with van der Waals surface area (Å²) in [5, 5.41) is 13.8. The normalized spacial score (nSPS) is 16.7. The lowest BCUT2D eigenvalue weighted by molar-refractivity contribution is -0.147. The summed E-state index contributed by atoms with van der Waals surface area (Å²) in [6.07, 6.45) is 4.28. The number of aliphatic carboxylic acids is 1. The molecule has 0 bridgehead atoms. The summed E-state index contributed by atoms with van der Waals surface area (Å²) < 4.78 is 1.84. The second-order valence-corrected chi connectivity index (χ2v) is 5.62. The van der Waals surface area contributed by atoms with Gasteiger partial charge < -0.3 is 5.11 Å².